The van der Waals surface area contributed by atoms with Crippen molar-refractivity contribution in [3.05, 3.63) is 18.2 Å². The van der Waals surface area contributed by atoms with E-state index in [1.165, 1.54) is 0 Å². The maximum Gasteiger partial charge on any atom is 0.217 e. The van der Waals surface area contributed by atoms with Crippen LogP contribution in [-0.2, 0) is 16.6 Å². The number of sulfonamides is 1. The summed E-state index contributed by atoms with van der Waals surface area (Å²) in [6.45, 7) is 8.14. The number of rotatable bonds is 6. The Morgan fingerprint density at radius 2 is 2.05 bits per heavy atom. The fourth-order valence-corrected chi connectivity index (χ4v) is 4.89. The second kappa shape index (κ2) is 5.70. The summed E-state index contributed by atoms with van der Waals surface area (Å²) in [5.41, 5.74) is 1.00. The summed E-state index contributed by atoms with van der Waals surface area (Å²) in [5, 5.41) is -0.138. The Labute approximate surface area is 126 Å². The molecule has 0 aromatic carbocycles. The average molecular weight is 312 g/mol. The van der Waals surface area contributed by atoms with Crippen LogP contribution in [0.1, 0.15) is 38.4 Å². The molecule has 1 atom stereocenters. The number of nitrogens with zero attached hydrogens (tertiary/aromatic N) is 4. The van der Waals surface area contributed by atoms with Crippen LogP contribution >= 0.6 is 0 Å². The van der Waals surface area contributed by atoms with Gasteiger partial charge in [-0.15, -0.1) is 0 Å². The second-order valence-electron chi connectivity index (χ2n) is 5.97. The molecule has 2 heterocycles. The monoisotopic (exact) mass is 312 g/mol. The lowest BCUT2D eigenvalue weighted by molar-refractivity contribution is 0.201. The van der Waals surface area contributed by atoms with Crippen molar-refractivity contribution in [3.8, 4) is 0 Å². The molecule has 0 unspecified atom stereocenters. The number of likely N-dealkylation sites (N-methyl/N-ethyl adjacent to an activating group) is 1. The van der Waals surface area contributed by atoms with Crippen molar-refractivity contribution in [1.82, 2.24) is 18.8 Å². The molecular weight excluding hydrogens is 288 g/mol. The van der Waals surface area contributed by atoms with Gasteiger partial charge in [-0.25, -0.2) is 13.4 Å². The van der Waals surface area contributed by atoms with E-state index in [0.29, 0.717) is 13.1 Å². The topological polar surface area (TPSA) is 58.4 Å². The van der Waals surface area contributed by atoms with Crippen LogP contribution in [0, 0.1) is 0 Å². The Bertz CT molecular complexity index is 590. The van der Waals surface area contributed by atoms with E-state index >= 15 is 0 Å². The minimum absolute atomic E-state index is 0.138. The lowest BCUT2D eigenvalue weighted by Gasteiger charge is -2.36. The van der Waals surface area contributed by atoms with Crippen molar-refractivity contribution < 1.29 is 8.42 Å². The molecule has 1 aliphatic heterocycles. The van der Waals surface area contributed by atoms with Crippen molar-refractivity contribution in [1.29, 1.82) is 0 Å². The Balaban J connectivity index is 1.83. The standard InChI is InChI=1S/C14H24N4O2S/c1-3-16(4-2)8-13-10-17(21(19,20)14-5-6-14)9-12-7-15-11-18(12)13/h7,11,13-14H,3-6,8-10H2,1-2H3/t13-/m0/s1. The normalized spacial score (nSPS) is 23.5. The second-order valence-corrected chi connectivity index (χ2v) is 8.18. The highest BCUT2D eigenvalue weighted by Crippen LogP contribution is 2.34. The zero-order valence-corrected chi connectivity index (χ0v) is 13.6. The smallest absolute Gasteiger partial charge is 0.217 e. The molecule has 1 aromatic heterocycles. The van der Waals surface area contributed by atoms with Crippen molar-refractivity contribution in [2.75, 3.05) is 26.2 Å². The average Bonchev–Trinajstić information content (AvgIpc) is 3.23. The van der Waals surface area contributed by atoms with Gasteiger partial charge in [-0.1, -0.05) is 13.8 Å². The van der Waals surface area contributed by atoms with E-state index < -0.39 is 10.0 Å². The summed E-state index contributed by atoms with van der Waals surface area (Å²) in [6, 6.07) is 0.157. The van der Waals surface area contributed by atoms with Gasteiger partial charge in [-0.2, -0.15) is 4.31 Å². The maximum atomic E-state index is 12.5. The first-order valence-electron chi connectivity index (χ1n) is 7.78. The molecule has 6 nitrogen and oxygen atoms in total. The van der Waals surface area contributed by atoms with Crippen LogP contribution < -0.4 is 0 Å². The Morgan fingerprint density at radius 3 is 2.67 bits per heavy atom. The minimum Gasteiger partial charge on any atom is -0.328 e. The number of hydrogen-bond donors (Lipinski definition) is 0. The third-order valence-electron chi connectivity index (χ3n) is 4.56. The lowest BCUT2D eigenvalue weighted by atomic mass is 10.2. The maximum absolute atomic E-state index is 12.5. The largest absolute Gasteiger partial charge is 0.328 e. The van der Waals surface area contributed by atoms with E-state index in [1.807, 2.05) is 6.33 Å². The molecule has 0 spiro atoms. The van der Waals surface area contributed by atoms with Crippen molar-refractivity contribution >= 4 is 10.0 Å². The molecule has 1 aromatic rings. The molecule has 3 rings (SSSR count). The molecule has 1 fully saturated rings. The molecule has 2 aliphatic rings. The van der Waals surface area contributed by atoms with Gasteiger partial charge >= 0.3 is 0 Å². The lowest BCUT2D eigenvalue weighted by Crippen LogP contribution is -2.45. The Kier molecular flexibility index (Phi) is 4.07. The first-order valence-corrected chi connectivity index (χ1v) is 9.28. The zero-order chi connectivity index (χ0) is 15.0. The third kappa shape index (κ3) is 2.86. The molecular formula is C14H24N4O2S. The van der Waals surface area contributed by atoms with E-state index in [9.17, 15) is 8.42 Å². The van der Waals surface area contributed by atoms with E-state index in [1.54, 1.807) is 10.5 Å². The summed E-state index contributed by atoms with van der Waals surface area (Å²) in [4.78, 5) is 6.55. The van der Waals surface area contributed by atoms with Gasteiger partial charge < -0.3 is 9.47 Å². The summed E-state index contributed by atoms with van der Waals surface area (Å²) in [6.07, 6.45) is 5.27. The van der Waals surface area contributed by atoms with Gasteiger partial charge in [-0.05, 0) is 25.9 Å². The fraction of sp³-hybridized carbons (Fsp3) is 0.786. The highest BCUT2D eigenvalue weighted by molar-refractivity contribution is 7.90. The first kappa shape index (κ1) is 15.0. The van der Waals surface area contributed by atoms with Gasteiger partial charge in [0.05, 0.1) is 29.9 Å². The van der Waals surface area contributed by atoms with Gasteiger partial charge in [0.15, 0.2) is 0 Å². The molecule has 1 aliphatic carbocycles. The van der Waals surface area contributed by atoms with Gasteiger partial charge in [0.25, 0.3) is 0 Å². The van der Waals surface area contributed by atoms with Crippen molar-refractivity contribution in [2.45, 2.75) is 44.5 Å². The zero-order valence-electron chi connectivity index (χ0n) is 12.8. The van der Waals surface area contributed by atoms with E-state index in [0.717, 1.165) is 38.2 Å². The molecule has 0 radical (unpaired) electrons. The number of imidazole rings is 1. The van der Waals surface area contributed by atoms with Crippen LogP contribution in [0.15, 0.2) is 12.5 Å². The van der Waals surface area contributed by atoms with E-state index in [2.05, 4.69) is 28.3 Å². The summed E-state index contributed by atoms with van der Waals surface area (Å²) >= 11 is 0. The summed E-state index contributed by atoms with van der Waals surface area (Å²) < 4.78 is 28.9. The first-order chi connectivity index (χ1) is 10.1. The Morgan fingerprint density at radius 1 is 1.33 bits per heavy atom. The van der Waals surface area contributed by atoms with E-state index in [4.69, 9.17) is 0 Å². The van der Waals surface area contributed by atoms with Gasteiger partial charge in [0.2, 0.25) is 10.0 Å². The fourth-order valence-electron chi connectivity index (χ4n) is 3.05. The molecule has 0 amide bonds. The summed E-state index contributed by atoms with van der Waals surface area (Å²) in [5.74, 6) is 0. The number of hydrogen-bond acceptors (Lipinski definition) is 4. The van der Waals surface area contributed by atoms with Gasteiger partial charge in [0.1, 0.15) is 0 Å². The predicted molar refractivity (Wildman–Crippen MR) is 81.4 cm³/mol. The third-order valence-corrected chi connectivity index (χ3v) is 6.87. The van der Waals surface area contributed by atoms with Crippen LogP contribution in [0.5, 0.6) is 0 Å². The molecule has 118 valence electrons. The Hall–Kier alpha value is -0.920. The van der Waals surface area contributed by atoms with Crippen LogP contribution in [0.2, 0.25) is 0 Å². The molecule has 7 heteroatoms. The van der Waals surface area contributed by atoms with Crippen LogP contribution in [-0.4, -0.2) is 58.6 Å². The molecule has 0 bridgehead atoms. The highest BCUT2D eigenvalue weighted by atomic mass is 32.2. The van der Waals surface area contributed by atoms with Gasteiger partial charge in [0, 0.05) is 19.3 Å². The molecule has 0 saturated heterocycles. The number of fused-ring (bicyclic) bond motifs is 1. The minimum atomic E-state index is -3.12. The number of aromatic nitrogens is 2. The van der Waals surface area contributed by atoms with Crippen molar-refractivity contribution in [3.63, 3.8) is 0 Å². The molecule has 0 N–H and O–H groups in total. The molecule has 1 saturated carbocycles. The van der Waals surface area contributed by atoms with Gasteiger partial charge in [-0.3, -0.25) is 0 Å². The highest BCUT2D eigenvalue weighted by Gasteiger charge is 2.42. The summed E-state index contributed by atoms with van der Waals surface area (Å²) in [7, 11) is -3.12. The van der Waals surface area contributed by atoms with Crippen LogP contribution in [0.25, 0.3) is 0 Å². The van der Waals surface area contributed by atoms with E-state index in [-0.39, 0.29) is 11.3 Å². The predicted octanol–water partition coefficient (Wildman–Crippen LogP) is 1.07. The SMILES string of the molecule is CCN(CC)C[C@H]1CN(S(=O)(=O)C2CC2)Cc2cncn21. The quantitative estimate of drug-likeness (QED) is 0.788. The van der Waals surface area contributed by atoms with Crippen LogP contribution in [0.3, 0.4) is 0 Å². The van der Waals surface area contributed by atoms with Crippen LogP contribution in [0.4, 0.5) is 0 Å². The van der Waals surface area contributed by atoms with Crippen molar-refractivity contribution in [2.24, 2.45) is 0 Å². The molecule has 21 heavy (non-hydrogen) atoms.